The van der Waals surface area contributed by atoms with E-state index in [0.29, 0.717) is 36.7 Å². The molecule has 154 valence electrons. The van der Waals surface area contributed by atoms with Gasteiger partial charge in [-0.3, -0.25) is 0 Å². The van der Waals surface area contributed by atoms with Crippen LogP contribution in [0.4, 0.5) is 0 Å². The maximum Gasteiger partial charge on any atom is 0.246 e. The first-order valence-electron chi connectivity index (χ1n) is 9.46. The van der Waals surface area contributed by atoms with Crippen LogP contribution in [0.5, 0.6) is 0 Å². The molecule has 10 heteroatoms. The number of halogens is 3. The maximum atomic E-state index is 13.1. The molecule has 4 rings (SSSR count). The summed E-state index contributed by atoms with van der Waals surface area (Å²) in [6.45, 7) is 1.81. The zero-order chi connectivity index (χ0) is 20.1. The van der Waals surface area contributed by atoms with Gasteiger partial charge in [0.1, 0.15) is 4.90 Å². The molecule has 1 aromatic carbocycles. The van der Waals surface area contributed by atoms with Crippen LogP contribution in [0.15, 0.2) is 21.5 Å². The van der Waals surface area contributed by atoms with Crippen molar-refractivity contribution in [3.8, 4) is 0 Å². The molecule has 0 aromatic heterocycles. The lowest BCUT2D eigenvalue weighted by Crippen LogP contribution is -2.55. The van der Waals surface area contributed by atoms with Gasteiger partial charge < -0.3 is 10.2 Å². The van der Waals surface area contributed by atoms with E-state index in [1.54, 1.807) is 12.1 Å². The van der Waals surface area contributed by atoms with Crippen molar-refractivity contribution in [2.75, 3.05) is 26.2 Å². The van der Waals surface area contributed by atoms with Gasteiger partial charge >= 0.3 is 0 Å². The molecule has 3 fully saturated rings. The number of fused-ring (bicyclic) bond motifs is 2. The topological polar surface area (TPSA) is 52.7 Å². The van der Waals surface area contributed by atoms with Crippen LogP contribution in [-0.4, -0.2) is 55.0 Å². The van der Waals surface area contributed by atoms with Crippen molar-refractivity contribution in [2.24, 2.45) is 11.8 Å². The highest BCUT2D eigenvalue weighted by Crippen LogP contribution is 2.44. The Balaban J connectivity index is 1.39. The van der Waals surface area contributed by atoms with Crippen molar-refractivity contribution in [1.82, 2.24) is 14.5 Å². The molecule has 1 heterocycles. The van der Waals surface area contributed by atoms with Gasteiger partial charge in [-0.05, 0) is 55.4 Å². The van der Waals surface area contributed by atoms with Crippen molar-refractivity contribution in [3.05, 3.63) is 26.7 Å². The highest BCUT2D eigenvalue weighted by Gasteiger charge is 2.40. The molecular formula is C18H22BrCl2N3O2S2. The van der Waals surface area contributed by atoms with Crippen LogP contribution < -0.4 is 5.32 Å². The highest BCUT2D eigenvalue weighted by atomic mass is 79.9. The number of nitrogens with zero attached hydrogens (tertiary/aromatic N) is 2. The standard InChI is InChI=1S/C18H22BrCl2N3O2S2/c19-13-9-14(20)17(15(21)10-13)28(25,26)24-5-3-23(4-6-24)18(27)22-16-8-11-1-2-12(16)7-11/h9-12,16H,1-8H2,(H,22,27)/t11-,12+,16+/m0/s1. The van der Waals surface area contributed by atoms with Crippen LogP contribution in [0, 0.1) is 11.8 Å². The van der Waals surface area contributed by atoms with Crippen molar-refractivity contribution in [1.29, 1.82) is 0 Å². The van der Waals surface area contributed by atoms with Crippen LogP contribution in [0.25, 0.3) is 0 Å². The molecule has 0 amide bonds. The molecule has 0 spiro atoms. The van der Waals surface area contributed by atoms with Crippen LogP contribution in [0.1, 0.15) is 25.7 Å². The van der Waals surface area contributed by atoms with Gasteiger partial charge in [0.15, 0.2) is 5.11 Å². The fraction of sp³-hybridized carbons (Fsp3) is 0.611. The Morgan fingerprint density at radius 1 is 1.11 bits per heavy atom. The van der Waals surface area contributed by atoms with Crippen LogP contribution in [0.2, 0.25) is 10.0 Å². The first-order valence-corrected chi connectivity index (χ1v) is 12.9. The Bertz CT molecular complexity index is 868. The maximum absolute atomic E-state index is 13.1. The van der Waals surface area contributed by atoms with Gasteiger partial charge in [0.05, 0.1) is 10.0 Å². The van der Waals surface area contributed by atoms with E-state index in [2.05, 4.69) is 26.1 Å². The minimum Gasteiger partial charge on any atom is -0.360 e. The van der Waals surface area contributed by atoms with Crippen LogP contribution >= 0.6 is 51.3 Å². The summed E-state index contributed by atoms with van der Waals surface area (Å²) in [6, 6.07) is 3.57. The van der Waals surface area contributed by atoms with Crippen molar-refractivity contribution < 1.29 is 8.42 Å². The van der Waals surface area contributed by atoms with E-state index >= 15 is 0 Å². The Morgan fingerprint density at radius 2 is 1.75 bits per heavy atom. The molecular weight excluding hydrogens is 505 g/mol. The molecule has 28 heavy (non-hydrogen) atoms. The molecule has 2 aliphatic carbocycles. The number of hydrogen-bond acceptors (Lipinski definition) is 3. The first kappa shape index (κ1) is 21.1. The second-order valence-corrected chi connectivity index (χ2v) is 11.8. The summed E-state index contributed by atoms with van der Waals surface area (Å²) in [7, 11) is -3.76. The van der Waals surface area contributed by atoms with Crippen molar-refractivity contribution >= 4 is 66.5 Å². The number of rotatable bonds is 3. The van der Waals surface area contributed by atoms with E-state index < -0.39 is 10.0 Å². The number of nitrogens with one attached hydrogen (secondary N) is 1. The number of benzene rings is 1. The third kappa shape index (κ3) is 4.05. The Kier molecular flexibility index (Phi) is 6.18. The molecule has 2 bridgehead atoms. The van der Waals surface area contributed by atoms with Gasteiger partial charge in [0.25, 0.3) is 0 Å². The normalized spacial score (nSPS) is 28.0. The summed E-state index contributed by atoms with van der Waals surface area (Å²) in [4.78, 5) is 2.04. The van der Waals surface area contributed by atoms with Gasteiger partial charge in [-0.15, -0.1) is 0 Å². The number of piperazine rings is 1. The fourth-order valence-corrected chi connectivity index (χ4v) is 8.35. The summed E-state index contributed by atoms with van der Waals surface area (Å²) in [5, 5.41) is 4.52. The molecule has 1 aromatic rings. The fourth-order valence-electron chi connectivity index (χ4n) is 4.71. The second-order valence-electron chi connectivity index (χ2n) is 7.82. The van der Waals surface area contributed by atoms with E-state index in [0.717, 1.165) is 16.9 Å². The van der Waals surface area contributed by atoms with Gasteiger partial charge in [-0.1, -0.05) is 45.6 Å². The zero-order valence-corrected chi connectivity index (χ0v) is 19.9. The minimum atomic E-state index is -3.76. The predicted molar refractivity (Wildman–Crippen MR) is 119 cm³/mol. The molecule has 1 N–H and O–H groups in total. The molecule has 5 nitrogen and oxygen atoms in total. The number of sulfonamides is 1. The van der Waals surface area contributed by atoms with Gasteiger partial charge in [0, 0.05) is 36.7 Å². The summed E-state index contributed by atoms with van der Waals surface area (Å²) in [5.41, 5.74) is 0. The smallest absolute Gasteiger partial charge is 0.246 e. The Labute approximate surface area is 189 Å². The summed E-state index contributed by atoms with van der Waals surface area (Å²) >= 11 is 21.2. The van der Waals surface area contributed by atoms with Crippen LogP contribution in [0.3, 0.4) is 0 Å². The quantitative estimate of drug-likeness (QED) is 0.600. The van der Waals surface area contributed by atoms with Gasteiger partial charge in [0.2, 0.25) is 10.0 Å². The molecule has 0 radical (unpaired) electrons. The van der Waals surface area contributed by atoms with Crippen molar-refractivity contribution in [2.45, 2.75) is 36.6 Å². The number of thiocarbonyl (C=S) groups is 1. The van der Waals surface area contributed by atoms with E-state index in [4.69, 9.17) is 35.4 Å². The average Bonchev–Trinajstić information content (AvgIpc) is 3.23. The molecule has 2 saturated carbocycles. The lowest BCUT2D eigenvalue weighted by atomic mass is 9.95. The van der Waals surface area contributed by atoms with Gasteiger partial charge in [-0.25, -0.2) is 8.42 Å². The minimum absolute atomic E-state index is 0.0323. The van der Waals surface area contributed by atoms with E-state index in [1.165, 1.54) is 30.0 Å². The molecule has 3 atom stereocenters. The number of hydrogen-bond donors (Lipinski definition) is 1. The SMILES string of the molecule is O=S(=O)(c1c(Cl)cc(Br)cc1Cl)N1CCN(C(=S)N[C@@H]2C[C@H]3CC[C@@H]2C3)CC1. The van der Waals surface area contributed by atoms with E-state index in [-0.39, 0.29) is 14.9 Å². The predicted octanol–water partition coefficient (Wildman–Crippen LogP) is 4.13. The average molecular weight is 527 g/mol. The molecule has 1 aliphatic heterocycles. The highest BCUT2D eigenvalue weighted by molar-refractivity contribution is 9.10. The zero-order valence-electron chi connectivity index (χ0n) is 15.2. The van der Waals surface area contributed by atoms with E-state index in [1.807, 2.05) is 0 Å². The largest absolute Gasteiger partial charge is 0.360 e. The third-order valence-electron chi connectivity index (χ3n) is 6.13. The summed E-state index contributed by atoms with van der Waals surface area (Å²) in [5.74, 6) is 1.60. The molecule has 1 saturated heterocycles. The molecule has 3 aliphatic rings. The second kappa shape index (κ2) is 8.19. The lowest BCUT2D eigenvalue weighted by molar-refractivity contribution is 0.258. The van der Waals surface area contributed by atoms with Gasteiger partial charge in [-0.2, -0.15) is 4.31 Å². The third-order valence-corrected chi connectivity index (χ3v) is 9.79. The summed E-state index contributed by atoms with van der Waals surface area (Å²) in [6.07, 6.45) is 5.18. The van der Waals surface area contributed by atoms with Crippen molar-refractivity contribution in [3.63, 3.8) is 0 Å². The Hall–Kier alpha value is -0.120. The van der Waals surface area contributed by atoms with E-state index in [9.17, 15) is 8.42 Å². The summed E-state index contributed by atoms with van der Waals surface area (Å²) < 4.78 is 28.2. The first-order chi connectivity index (χ1) is 13.3. The monoisotopic (exact) mass is 525 g/mol. The Morgan fingerprint density at radius 3 is 2.29 bits per heavy atom. The lowest BCUT2D eigenvalue weighted by Gasteiger charge is -2.37. The molecule has 0 unspecified atom stereocenters. The van der Waals surface area contributed by atoms with Crippen LogP contribution in [-0.2, 0) is 10.0 Å².